The molecular weight excluding hydrogens is 272 g/mol. The summed E-state index contributed by atoms with van der Waals surface area (Å²) in [6.07, 6.45) is 0.676. The van der Waals surface area contributed by atoms with Crippen molar-refractivity contribution in [1.82, 2.24) is 0 Å². The minimum absolute atomic E-state index is 0.00709. The van der Waals surface area contributed by atoms with Crippen molar-refractivity contribution < 1.29 is 23.7 Å². The predicted molar refractivity (Wildman–Crippen MR) is 77.2 cm³/mol. The SMILES string of the molecule is CCOC(=O)COc1ccccc1CC1COC(C)(C)O1. The smallest absolute Gasteiger partial charge is 0.344 e. The number of benzene rings is 1. The summed E-state index contributed by atoms with van der Waals surface area (Å²) in [5.41, 5.74) is 0.994. The Morgan fingerprint density at radius 3 is 2.81 bits per heavy atom. The summed E-state index contributed by atoms with van der Waals surface area (Å²) >= 11 is 0. The van der Waals surface area contributed by atoms with Crippen LogP contribution < -0.4 is 4.74 Å². The first-order valence-corrected chi connectivity index (χ1v) is 7.18. The molecule has 116 valence electrons. The van der Waals surface area contributed by atoms with Gasteiger partial charge < -0.3 is 18.9 Å². The standard InChI is InChI=1S/C16H22O5/c1-4-18-15(17)11-19-14-8-6-5-7-12(14)9-13-10-20-16(2,3)21-13/h5-8,13H,4,9-11H2,1-3H3. The number of rotatable bonds is 6. The maximum Gasteiger partial charge on any atom is 0.344 e. The molecule has 0 spiro atoms. The molecule has 1 atom stereocenters. The normalized spacial score (nSPS) is 20.2. The van der Waals surface area contributed by atoms with Gasteiger partial charge in [0.2, 0.25) is 0 Å². The summed E-state index contributed by atoms with van der Waals surface area (Å²) in [7, 11) is 0. The van der Waals surface area contributed by atoms with Crippen molar-refractivity contribution in [2.75, 3.05) is 19.8 Å². The fourth-order valence-electron chi connectivity index (χ4n) is 2.26. The van der Waals surface area contributed by atoms with E-state index in [1.54, 1.807) is 6.92 Å². The molecular formula is C16H22O5. The van der Waals surface area contributed by atoms with Crippen molar-refractivity contribution in [1.29, 1.82) is 0 Å². The van der Waals surface area contributed by atoms with E-state index in [-0.39, 0.29) is 18.7 Å². The van der Waals surface area contributed by atoms with Crippen LogP contribution in [0.5, 0.6) is 5.75 Å². The summed E-state index contributed by atoms with van der Waals surface area (Å²) in [5.74, 6) is -0.224. The Bertz CT molecular complexity index is 483. The fraction of sp³-hybridized carbons (Fsp3) is 0.562. The highest BCUT2D eigenvalue weighted by atomic mass is 16.7. The molecule has 1 aliphatic heterocycles. The molecule has 1 aliphatic rings. The highest BCUT2D eigenvalue weighted by molar-refractivity contribution is 5.71. The molecule has 0 N–H and O–H groups in total. The van der Waals surface area contributed by atoms with Crippen molar-refractivity contribution in [3.8, 4) is 5.75 Å². The Hall–Kier alpha value is -1.59. The predicted octanol–water partition coefficient (Wildman–Crippen LogP) is 2.32. The van der Waals surface area contributed by atoms with Crippen LogP contribution in [0.15, 0.2) is 24.3 Å². The van der Waals surface area contributed by atoms with Gasteiger partial charge in [0, 0.05) is 6.42 Å². The zero-order valence-electron chi connectivity index (χ0n) is 12.8. The van der Waals surface area contributed by atoms with Crippen molar-refractivity contribution in [3.63, 3.8) is 0 Å². The van der Waals surface area contributed by atoms with Crippen LogP contribution in [0.25, 0.3) is 0 Å². The van der Waals surface area contributed by atoms with Gasteiger partial charge in [0.05, 0.1) is 19.3 Å². The topological polar surface area (TPSA) is 54.0 Å². The zero-order chi connectivity index (χ0) is 15.3. The summed E-state index contributed by atoms with van der Waals surface area (Å²) in [4.78, 5) is 11.4. The molecule has 5 nitrogen and oxygen atoms in total. The molecule has 1 unspecified atom stereocenters. The Labute approximate surface area is 125 Å². The van der Waals surface area contributed by atoms with Crippen LogP contribution in [0.3, 0.4) is 0 Å². The largest absolute Gasteiger partial charge is 0.482 e. The van der Waals surface area contributed by atoms with Crippen molar-refractivity contribution in [2.45, 2.75) is 39.1 Å². The molecule has 1 aromatic rings. The average molecular weight is 294 g/mol. The average Bonchev–Trinajstić information content (AvgIpc) is 2.77. The van der Waals surface area contributed by atoms with Gasteiger partial charge in [-0.3, -0.25) is 0 Å². The minimum atomic E-state index is -0.536. The van der Waals surface area contributed by atoms with Gasteiger partial charge in [0.25, 0.3) is 0 Å². The van der Waals surface area contributed by atoms with Crippen molar-refractivity contribution >= 4 is 5.97 Å². The van der Waals surface area contributed by atoms with E-state index in [1.165, 1.54) is 0 Å². The van der Waals surface area contributed by atoms with E-state index in [1.807, 2.05) is 38.1 Å². The quantitative estimate of drug-likeness (QED) is 0.754. The molecule has 21 heavy (non-hydrogen) atoms. The number of para-hydroxylation sites is 1. The van der Waals surface area contributed by atoms with Gasteiger partial charge in [-0.05, 0) is 32.4 Å². The monoisotopic (exact) mass is 294 g/mol. The first kappa shape index (κ1) is 15.8. The Morgan fingerprint density at radius 2 is 2.14 bits per heavy atom. The third-order valence-electron chi connectivity index (χ3n) is 3.14. The van der Waals surface area contributed by atoms with Gasteiger partial charge in [-0.15, -0.1) is 0 Å². The molecule has 0 aliphatic carbocycles. The summed E-state index contributed by atoms with van der Waals surface area (Å²) in [6.45, 7) is 6.39. The van der Waals surface area contributed by atoms with Crippen LogP contribution in [0.4, 0.5) is 0 Å². The third-order valence-corrected chi connectivity index (χ3v) is 3.14. The lowest BCUT2D eigenvalue weighted by molar-refractivity contribution is -0.145. The second-order valence-electron chi connectivity index (χ2n) is 5.36. The molecule has 0 saturated carbocycles. The Morgan fingerprint density at radius 1 is 1.38 bits per heavy atom. The third kappa shape index (κ3) is 4.72. The van der Waals surface area contributed by atoms with Gasteiger partial charge in [-0.25, -0.2) is 4.79 Å². The van der Waals surface area contributed by atoms with E-state index >= 15 is 0 Å². The van der Waals surface area contributed by atoms with Gasteiger partial charge in [0.15, 0.2) is 12.4 Å². The number of esters is 1. The lowest BCUT2D eigenvalue weighted by Crippen LogP contribution is -2.22. The Kier molecular flexibility index (Phi) is 5.20. The van der Waals surface area contributed by atoms with Crippen molar-refractivity contribution in [2.24, 2.45) is 0 Å². The van der Waals surface area contributed by atoms with Crippen molar-refractivity contribution in [3.05, 3.63) is 29.8 Å². The minimum Gasteiger partial charge on any atom is -0.482 e. The molecule has 1 fully saturated rings. The van der Waals surface area contributed by atoms with E-state index in [2.05, 4.69) is 0 Å². The highest BCUT2D eigenvalue weighted by Gasteiger charge is 2.32. The molecule has 1 aromatic carbocycles. The molecule has 1 saturated heterocycles. The van der Waals surface area contributed by atoms with E-state index < -0.39 is 5.79 Å². The maximum atomic E-state index is 11.4. The summed E-state index contributed by atoms with van der Waals surface area (Å²) in [6, 6.07) is 7.62. The number of hydrogen-bond acceptors (Lipinski definition) is 5. The van der Waals surface area contributed by atoms with Gasteiger partial charge in [-0.1, -0.05) is 18.2 Å². The second kappa shape index (κ2) is 6.91. The van der Waals surface area contributed by atoms with Gasteiger partial charge in [-0.2, -0.15) is 0 Å². The summed E-state index contributed by atoms with van der Waals surface area (Å²) in [5, 5.41) is 0. The second-order valence-corrected chi connectivity index (χ2v) is 5.36. The number of hydrogen-bond donors (Lipinski definition) is 0. The first-order valence-electron chi connectivity index (χ1n) is 7.18. The van der Waals surface area contributed by atoms with Crippen LogP contribution >= 0.6 is 0 Å². The van der Waals surface area contributed by atoms with E-state index in [0.29, 0.717) is 25.4 Å². The van der Waals surface area contributed by atoms with Crippen LogP contribution in [0.1, 0.15) is 26.3 Å². The zero-order valence-corrected chi connectivity index (χ0v) is 12.8. The lowest BCUT2D eigenvalue weighted by atomic mass is 10.1. The molecule has 5 heteroatoms. The molecule has 0 bridgehead atoms. The van der Waals surface area contributed by atoms with E-state index in [9.17, 15) is 4.79 Å². The number of carbonyl (C=O) groups is 1. The number of ether oxygens (including phenoxy) is 4. The van der Waals surface area contributed by atoms with E-state index in [0.717, 1.165) is 5.56 Å². The fourth-order valence-corrected chi connectivity index (χ4v) is 2.26. The Balaban J connectivity index is 1.95. The van der Waals surface area contributed by atoms with Crippen LogP contribution in [-0.4, -0.2) is 37.7 Å². The molecule has 2 rings (SSSR count). The lowest BCUT2D eigenvalue weighted by Gasteiger charge is -2.18. The highest BCUT2D eigenvalue weighted by Crippen LogP contribution is 2.27. The molecule has 1 heterocycles. The summed E-state index contributed by atoms with van der Waals surface area (Å²) < 4.78 is 21.8. The molecule has 0 aromatic heterocycles. The molecule has 0 amide bonds. The van der Waals surface area contributed by atoms with E-state index in [4.69, 9.17) is 18.9 Å². The first-order chi connectivity index (χ1) is 10.00. The molecule has 0 radical (unpaired) electrons. The maximum absolute atomic E-state index is 11.4. The van der Waals surface area contributed by atoms with Gasteiger partial charge >= 0.3 is 5.97 Å². The number of carbonyl (C=O) groups excluding carboxylic acids is 1. The van der Waals surface area contributed by atoms with Crippen LogP contribution in [0.2, 0.25) is 0 Å². The van der Waals surface area contributed by atoms with Crippen LogP contribution in [0, 0.1) is 0 Å². The van der Waals surface area contributed by atoms with Gasteiger partial charge in [0.1, 0.15) is 5.75 Å². The van der Waals surface area contributed by atoms with Crippen LogP contribution in [-0.2, 0) is 25.4 Å².